The zero-order valence-corrected chi connectivity index (χ0v) is 22.8. The number of carbonyl (C=O) groups is 2. The van der Waals surface area contributed by atoms with Crippen molar-refractivity contribution in [3.63, 3.8) is 0 Å². The number of aryl methyl sites for hydroxylation is 1. The highest BCUT2D eigenvalue weighted by Crippen LogP contribution is 2.28. The first kappa shape index (κ1) is 29.1. The third kappa shape index (κ3) is 7.55. The van der Waals surface area contributed by atoms with Crippen molar-refractivity contribution in [1.82, 2.24) is 10.0 Å². The summed E-state index contributed by atoms with van der Waals surface area (Å²) >= 11 is 0. The lowest BCUT2D eigenvalue weighted by molar-refractivity contribution is -0.119. The van der Waals surface area contributed by atoms with Crippen molar-refractivity contribution in [3.05, 3.63) is 83.4 Å². The van der Waals surface area contributed by atoms with E-state index in [2.05, 4.69) is 20.3 Å². The van der Waals surface area contributed by atoms with Crippen LogP contribution < -0.4 is 30.6 Å². The number of sulfonamides is 1. The van der Waals surface area contributed by atoms with Crippen LogP contribution in [-0.2, 0) is 26.0 Å². The molecule has 206 valence electrons. The average Bonchev–Trinajstić information content (AvgIpc) is 2.93. The number of benzene rings is 3. The Morgan fingerprint density at radius 2 is 1.67 bits per heavy atom. The lowest BCUT2D eigenvalue weighted by atomic mass is 10.1. The van der Waals surface area contributed by atoms with Crippen LogP contribution in [0.2, 0.25) is 0 Å². The number of anilines is 1. The minimum absolute atomic E-state index is 0.00685. The molecule has 0 radical (unpaired) electrons. The largest absolute Gasteiger partial charge is 0.493 e. The highest BCUT2D eigenvalue weighted by Gasteiger charge is 2.23. The van der Waals surface area contributed by atoms with Gasteiger partial charge in [0.15, 0.2) is 23.5 Å². The monoisotopic (exact) mass is 553 g/mol. The number of hydrogen-bond acceptors (Lipinski definition) is 7. The molecule has 0 spiro atoms. The van der Waals surface area contributed by atoms with Gasteiger partial charge in [0.05, 0.1) is 25.5 Å². The number of nitrogens with zero attached hydrogens (tertiary/aromatic N) is 1. The van der Waals surface area contributed by atoms with E-state index in [-0.39, 0.29) is 17.3 Å². The summed E-state index contributed by atoms with van der Waals surface area (Å²) in [6.45, 7) is 1.73. The molecular formula is C27H31N5O6S. The van der Waals surface area contributed by atoms with Gasteiger partial charge in [-0.1, -0.05) is 42.5 Å². The molecule has 11 nitrogen and oxygen atoms in total. The molecule has 2 amide bonds. The van der Waals surface area contributed by atoms with Gasteiger partial charge in [-0.05, 0) is 54.9 Å². The maximum Gasteiger partial charge on any atom is 0.253 e. The van der Waals surface area contributed by atoms with Crippen LogP contribution in [-0.4, -0.2) is 47.5 Å². The number of guanidine groups is 1. The highest BCUT2D eigenvalue weighted by atomic mass is 32.2. The molecule has 0 aliphatic rings. The molecule has 3 rings (SSSR count). The Morgan fingerprint density at radius 1 is 0.974 bits per heavy atom. The van der Waals surface area contributed by atoms with Crippen molar-refractivity contribution < 1.29 is 27.5 Å². The molecule has 0 fully saturated rings. The molecule has 0 unspecified atom stereocenters. The third-order valence-corrected chi connectivity index (χ3v) is 7.17. The summed E-state index contributed by atoms with van der Waals surface area (Å²) in [5.41, 5.74) is 8.15. The third-order valence-electron chi connectivity index (χ3n) is 5.76. The molecule has 3 aromatic carbocycles. The van der Waals surface area contributed by atoms with Gasteiger partial charge in [-0.25, -0.2) is 18.1 Å². The number of amides is 2. The number of aliphatic imine (C=N–C) groups is 1. The van der Waals surface area contributed by atoms with Gasteiger partial charge in [0.1, 0.15) is 0 Å². The van der Waals surface area contributed by atoms with Crippen LogP contribution >= 0.6 is 0 Å². The number of rotatable bonds is 10. The summed E-state index contributed by atoms with van der Waals surface area (Å²) in [6.07, 6.45) is -0.0231. The Hall–Kier alpha value is -4.42. The first-order valence-electron chi connectivity index (χ1n) is 11.8. The Balaban J connectivity index is 1.83. The molecule has 1 atom stereocenters. The van der Waals surface area contributed by atoms with E-state index in [9.17, 15) is 18.0 Å². The van der Waals surface area contributed by atoms with Gasteiger partial charge >= 0.3 is 0 Å². The number of methoxy groups -OCH3 is 2. The molecule has 0 aromatic heterocycles. The van der Waals surface area contributed by atoms with Gasteiger partial charge in [-0.15, -0.1) is 0 Å². The smallest absolute Gasteiger partial charge is 0.253 e. The van der Waals surface area contributed by atoms with Crippen LogP contribution in [0.4, 0.5) is 5.69 Å². The minimum atomic E-state index is -3.72. The second-order valence-electron chi connectivity index (χ2n) is 8.42. The van der Waals surface area contributed by atoms with Crippen LogP contribution in [0.3, 0.4) is 0 Å². The molecule has 0 aliphatic heterocycles. The van der Waals surface area contributed by atoms with Crippen molar-refractivity contribution in [3.8, 4) is 11.5 Å². The van der Waals surface area contributed by atoms with Crippen molar-refractivity contribution in [2.45, 2.75) is 24.3 Å². The lowest BCUT2D eigenvalue weighted by Gasteiger charge is -2.17. The standard InChI is InChI=1S/C27H31N5O6S/c1-17-10-12-20(39(35,36)29-2)16-21(17)30-26(34)25(19-8-6-5-7-9-19)32-27(28)31-24(33)15-18-11-13-22(37-3)23(14-18)38-4/h5-14,16,25,29H,15H2,1-4H3,(H,30,34)(H3,28,31,32,33)/t25-/m1/s1. The first-order valence-corrected chi connectivity index (χ1v) is 13.3. The first-order chi connectivity index (χ1) is 18.6. The van der Waals surface area contributed by atoms with E-state index >= 15 is 0 Å². The van der Waals surface area contributed by atoms with Gasteiger partial charge in [-0.3, -0.25) is 14.9 Å². The Labute approximate surface area is 227 Å². The predicted molar refractivity (Wildman–Crippen MR) is 148 cm³/mol. The second-order valence-corrected chi connectivity index (χ2v) is 10.3. The Bertz CT molecular complexity index is 1480. The fraction of sp³-hybridized carbons (Fsp3) is 0.222. The number of carbonyl (C=O) groups excluding carboxylic acids is 2. The zero-order valence-electron chi connectivity index (χ0n) is 22.0. The predicted octanol–water partition coefficient (Wildman–Crippen LogP) is 2.27. The summed E-state index contributed by atoms with van der Waals surface area (Å²) in [5, 5.41) is 5.25. The van der Waals surface area contributed by atoms with Crippen LogP contribution in [0.25, 0.3) is 0 Å². The van der Waals surface area contributed by atoms with Gasteiger partial charge in [0, 0.05) is 5.69 Å². The molecule has 0 heterocycles. The number of hydrogen-bond donors (Lipinski definition) is 4. The van der Waals surface area contributed by atoms with Crippen LogP contribution in [0.1, 0.15) is 22.7 Å². The minimum Gasteiger partial charge on any atom is -0.493 e. The van der Waals surface area contributed by atoms with Crippen molar-refractivity contribution in [2.24, 2.45) is 10.7 Å². The molecule has 3 aromatic rings. The summed E-state index contributed by atoms with van der Waals surface area (Å²) in [5.74, 6) is -0.263. The zero-order chi connectivity index (χ0) is 28.6. The quantitative estimate of drug-likeness (QED) is 0.221. The van der Waals surface area contributed by atoms with Gasteiger partial charge in [0.25, 0.3) is 5.91 Å². The highest BCUT2D eigenvalue weighted by molar-refractivity contribution is 7.89. The normalized spacial score (nSPS) is 12.4. The van der Waals surface area contributed by atoms with E-state index in [0.717, 1.165) is 0 Å². The molecule has 0 saturated carbocycles. The van der Waals surface area contributed by atoms with E-state index < -0.39 is 27.9 Å². The van der Waals surface area contributed by atoms with Crippen molar-refractivity contribution in [1.29, 1.82) is 0 Å². The Morgan fingerprint density at radius 3 is 2.31 bits per heavy atom. The van der Waals surface area contributed by atoms with E-state index in [0.29, 0.717) is 33.9 Å². The maximum atomic E-state index is 13.4. The SMILES string of the molecule is CNS(=O)(=O)c1ccc(C)c(NC(=O)[C@H](N=C(N)NC(=O)Cc2ccc(OC)c(OC)c2)c2ccccc2)c1. The fourth-order valence-corrected chi connectivity index (χ4v) is 4.43. The topological polar surface area (TPSA) is 161 Å². The van der Waals surface area contributed by atoms with Gasteiger partial charge < -0.3 is 20.5 Å². The molecule has 0 saturated heterocycles. The number of nitrogens with two attached hydrogens (primary N) is 1. The average molecular weight is 554 g/mol. The van der Waals surface area contributed by atoms with Crippen LogP contribution in [0, 0.1) is 6.92 Å². The fourth-order valence-electron chi connectivity index (χ4n) is 3.68. The van der Waals surface area contributed by atoms with Crippen molar-refractivity contribution >= 4 is 33.5 Å². The lowest BCUT2D eigenvalue weighted by Crippen LogP contribution is -2.39. The van der Waals surface area contributed by atoms with E-state index in [1.165, 1.54) is 33.4 Å². The maximum absolute atomic E-state index is 13.4. The molecule has 39 heavy (non-hydrogen) atoms. The Kier molecular flexibility index (Phi) is 9.63. The van der Waals surface area contributed by atoms with Crippen LogP contribution in [0.15, 0.2) is 76.6 Å². The number of nitrogens with one attached hydrogen (secondary N) is 3. The number of ether oxygens (including phenoxy) is 2. The summed E-state index contributed by atoms with van der Waals surface area (Å²) in [4.78, 5) is 30.3. The molecule has 5 N–H and O–H groups in total. The molecule has 0 bridgehead atoms. The van der Waals surface area contributed by atoms with Gasteiger partial charge in [0.2, 0.25) is 15.9 Å². The van der Waals surface area contributed by atoms with Crippen LogP contribution in [0.5, 0.6) is 11.5 Å². The molecular weight excluding hydrogens is 522 g/mol. The van der Waals surface area contributed by atoms with Gasteiger partial charge in [-0.2, -0.15) is 0 Å². The molecule has 0 aliphatic carbocycles. The second kappa shape index (κ2) is 12.9. The summed E-state index contributed by atoms with van der Waals surface area (Å²) in [7, 11) is 0.593. The molecule has 12 heteroatoms. The van der Waals surface area contributed by atoms with E-state index in [1.54, 1.807) is 61.5 Å². The summed E-state index contributed by atoms with van der Waals surface area (Å²) < 4.78 is 37.2. The van der Waals surface area contributed by atoms with Crippen molar-refractivity contribution in [2.75, 3.05) is 26.6 Å². The van der Waals surface area contributed by atoms with E-state index in [4.69, 9.17) is 15.2 Å². The van der Waals surface area contributed by atoms with E-state index in [1.807, 2.05) is 0 Å². The summed E-state index contributed by atoms with van der Waals surface area (Å²) in [6, 6.07) is 17.0.